The summed E-state index contributed by atoms with van der Waals surface area (Å²) in [6, 6.07) is 6.73. The van der Waals surface area contributed by atoms with E-state index < -0.39 is 12.2 Å². The number of benzene rings is 1. The zero-order valence-corrected chi connectivity index (χ0v) is 12.5. The van der Waals surface area contributed by atoms with Gasteiger partial charge in [-0.1, -0.05) is 0 Å². The number of anilines is 1. The van der Waals surface area contributed by atoms with Crippen LogP contribution in [0.1, 0.15) is 17.3 Å². The van der Waals surface area contributed by atoms with Crippen LogP contribution in [0.3, 0.4) is 0 Å². The number of rotatable bonds is 6. The number of nitrogens with zero attached hydrogens (tertiary/aromatic N) is 1. The van der Waals surface area contributed by atoms with Crippen molar-refractivity contribution < 1.29 is 23.9 Å². The summed E-state index contributed by atoms with van der Waals surface area (Å²) in [5, 5.41) is 2.63. The fraction of sp³-hybridized carbons (Fsp3) is 0.400. The zero-order chi connectivity index (χ0) is 16.1. The molecule has 2 rings (SSSR count). The minimum Gasteiger partial charge on any atom is -0.442 e. The highest BCUT2D eigenvalue weighted by atomic mass is 16.6. The van der Waals surface area contributed by atoms with Crippen molar-refractivity contribution in [3.63, 3.8) is 0 Å². The Labute approximate surface area is 128 Å². The minimum absolute atomic E-state index is 0.0309. The number of nitrogens with one attached hydrogen (secondary N) is 1. The number of carbonyl (C=O) groups is 3. The summed E-state index contributed by atoms with van der Waals surface area (Å²) in [6.45, 7) is 2.02. The molecule has 1 aliphatic rings. The maximum absolute atomic E-state index is 11.9. The van der Waals surface area contributed by atoms with Crippen LogP contribution in [-0.4, -0.2) is 50.7 Å². The van der Waals surface area contributed by atoms with Crippen molar-refractivity contribution in [2.75, 3.05) is 31.7 Å². The third-order valence-corrected chi connectivity index (χ3v) is 3.26. The Balaban J connectivity index is 1.94. The predicted molar refractivity (Wildman–Crippen MR) is 78.9 cm³/mol. The van der Waals surface area contributed by atoms with Crippen LogP contribution in [0.25, 0.3) is 0 Å². The quantitative estimate of drug-likeness (QED) is 0.792. The molecule has 0 spiro atoms. The summed E-state index contributed by atoms with van der Waals surface area (Å²) in [7, 11) is 1.43. The second-order valence-electron chi connectivity index (χ2n) is 4.96. The van der Waals surface area contributed by atoms with Crippen molar-refractivity contribution in [3.05, 3.63) is 29.8 Å². The Morgan fingerprint density at radius 3 is 2.64 bits per heavy atom. The van der Waals surface area contributed by atoms with Crippen LogP contribution in [-0.2, 0) is 14.3 Å². The average Bonchev–Trinajstić information content (AvgIpc) is 2.86. The molecule has 7 heteroatoms. The van der Waals surface area contributed by atoms with Crippen LogP contribution >= 0.6 is 0 Å². The molecular formula is C15H18N2O5. The Morgan fingerprint density at radius 2 is 2.05 bits per heavy atom. The van der Waals surface area contributed by atoms with Crippen LogP contribution in [0.5, 0.6) is 0 Å². The van der Waals surface area contributed by atoms with E-state index >= 15 is 0 Å². The van der Waals surface area contributed by atoms with E-state index in [2.05, 4.69) is 5.32 Å². The minimum atomic E-state index is -0.471. The number of ether oxygens (including phenoxy) is 2. The van der Waals surface area contributed by atoms with Crippen molar-refractivity contribution in [3.8, 4) is 0 Å². The van der Waals surface area contributed by atoms with Crippen molar-refractivity contribution in [2.24, 2.45) is 0 Å². The molecule has 1 saturated heterocycles. The van der Waals surface area contributed by atoms with Crippen LogP contribution in [0, 0.1) is 0 Å². The topological polar surface area (TPSA) is 84.9 Å². The lowest BCUT2D eigenvalue weighted by Gasteiger charge is -2.13. The van der Waals surface area contributed by atoms with E-state index in [4.69, 9.17) is 9.47 Å². The number of amides is 2. The second-order valence-corrected chi connectivity index (χ2v) is 4.96. The summed E-state index contributed by atoms with van der Waals surface area (Å²) < 4.78 is 9.90. The molecule has 1 N–H and O–H groups in total. The number of Topliss-reactive ketones (excluding diaryl/α,β-unsaturated/α-hetero) is 1. The first-order valence-electron chi connectivity index (χ1n) is 6.86. The van der Waals surface area contributed by atoms with E-state index in [1.54, 1.807) is 24.3 Å². The zero-order valence-electron chi connectivity index (χ0n) is 12.5. The molecule has 1 aromatic carbocycles. The van der Waals surface area contributed by atoms with Gasteiger partial charge < -0.3 is 14.8 Å². The lowest BCUT2D eigenvalue weighted by atomic mass is 10.1. The average molecular weight is 306 g/mol. The van der Waals surface area contributed by atoms with Gasteiger partial charge in [-0.25, -0.2) is 4.79 Å². The lowest BCUT2D eigenvalue weighted by Crippen LogP contribution is -2.36. The summed E-state index contributed by atoms with van der Waals surface area (Å²) >= 11 is 0. The fourth-order valence-electron chi connectivity index (χ4n) is 2.12. The number of carbonyl (C=O) groups excluding carboxylic acids is 3. The molecule has 0 unspecified atom stereocenters. The number of hydrogen-bond donors (Lipinski definition) is 1. The van der Waals surface area contributed by atoms with Gasteiger partial charge in [-0.15, -0.1) is 0 Å². The molecule has 1 aliphatic heterocycles. The standard InChI is InChI=1S/C15H18N2O5/c1-10(18)11-3-5-12(6-4-11)17-8-13(22-15(17)20)7-16-14(19)9-21-2/h3-6,13H,7-9H2,1-2H3,(H,16,19)/t13-/m0/s1. The van der Waals surface area contributed by atoms with Crippen molar-refractivity contribution >= 4 is 23.5 Å². The Morgan fingerprint density at radius 1 is 1.36 bits per heavy atom. The summed E-state index contributed by atoms with van der Waals surface area (Å²) in [4.78, 5) is 35.9. The number of cyclic esters (lactones) is 1. The molecule has 118 valence electrons. The van der Waals surface area contributed by atoms with Gasteiger partial charge in [0.25, 0.3) is 0 Å². The first-order valence-corrected chi connectivity index (χ1v) is 6.86. The van der Waals surface area contributed by atoms with Gasteiger partial charge in [0, 0.05) is 18.4 Å². The summed E-state index contributed by atoms with van der Waals surface area (Å²) in [6.07, 6.45) is -0.887. The smallest absolute Gasteiger partial charge is 0.414 e. The van der Waals surface area contributed by atoms with Gasteiger partial charge in [0.2, 0.25) is 5.91 Å². The van der Waals surface area contributed by atoms with Gasteiger partial charge in [-0.2, -0.15) is 0 Å². The van der Waals surface area contributed by atoms with Gasteiger partial charge in [0.1, 0.15) is 12.7 Å². The summed E-state index contributed by atoms with van der Waals surface area (Å²) in [5.41, 5.74) is 1.24. The van der Waals surface area contributed by atoms with E-state index in [0.29, 0.717) is 17.8 Å². The van der Waals surface area contributed by atoms with E-state index in [1.807, 2.05) is 0 Å². The largest absolute Gasteiger partial charge is 0.442 e. The van der Waals surface area contributed by atoms with Crippen molar-refractivity contribution in [1.82, 2.24) is 5.32 Å². The molecule has 1 fully saturated rings. The highest BCUT2D eigenvalue weighted by Gasteiger charge is 2.32. The lowest BCUT2D eigenvalue weighted by molar-refractivity contribution is -0.125. The Hall–Kier alpha value is -2.41. The Kier molecular flexibility index (Phi) is 5.11. The molecular weight excluding hydrogens is 288 g/mol. The third kappa shape index (κ3) is 3.82. The molecule has 22 heavy (non-hydrogen) atoms. The molecule has 0 bridgehead atoms. The second kappa shape index (κ2) is 7.04. The predicted octanol–water partition coefficient (Wildman–Crippen LogP) is 0.977. The first kappa shape index (κ1) is 16.0. The first-order chi connectivity index (χ1) is 10.5. The van der Waals surface area contributed by atoms with E-state index in [-0.39, 0.29) is 24.8 Å². The van der Waals surface area contributed by atoms with Crippen LogP contribution in [0.15, 0.2) is 24.3 Å². The third-order valence-electron chi connectivity index (χ3n) is 3.26. The van der Waals surface area contributed by atoms with Crippen molar-refractivity contribution in [1.29, 1.82) is 0 Å². The molecule has 2 amide bonds. The highest BCUT2D eigenvalue weighted by Crippen LogP contribution is 2.22. The normalized spacial score (nSPS) is 17.3. The highest BCUT2D eigenvalue weighted by molar-refractivity contribution is 5.95. The van der Waals surface area contributed by atoms with Gasteiger partial charge in [-0.3, -0.25) is 14.5 Å². The van der Waals surface area contributed by atoms with Gasteiger partial charge in [0.15, 0.2) is 5.78 Å². The maximum atomic E-state index is 11.9. The summed E-state index contributed by atoms with van der Waals surface area (Å²) in [5.74, 6) is -0.294. The van der Waals surface area contributed by atoms with E-state index in [0.717, 1.165) is 0 Å². The number of methoxy groups -OCH3 is 1. The van der Waals surface area contributed by atoms with Crippen molar-refractivity contribution in [2.45, 2.75) is 13.0 Å². The van der Waals surface area contributed by atoms with Gasteiger partial charge >= 0.3 is 6.09 Å². The number of hydrogen-bond acceptors (Lipinski definition) is 5. The van der Waals surface area contributed by atoms with Gasteiger partial charge in [0.05, 0.1) is 13.1 Å². The Bertz CT molecular complexity index is 570. The molecule has 1 atom stereocenters. The van der Waals surface area contributed by atoms with Gasteiger partial charge in [-0.05, 0) is 31.2 Å². The van der Waals surface area contributed by atoms with E-state index in [9.17, 15) is 14.4 Å². The van der Waals surface area contributed by atoms with Crippen LogP contribution in [0.2, 0.25) is 0 Å². The molecule has 0 aromatic heterocycles. The van der Waals surface area contributed by atoms with E-state index in [1.165, 1.54) is 18.9 Å². The molecule has 1 heterocycles. The molecule has 1 aromatic rings. The van der Waals surface area contributed by atoms with Crippen LogP contribution < -0.4 is 10.2 Å². The number of ketones is 1. The molecule has 7 nitrogen and oxygen atoms in total. The molecule has 0 radical (unpaired) electrons. The molecule has 0 saturated carbocycles. The van der Waals surface area contributed by atoms with Crippen LogP contribution in [0.4, 0.5) is 10.5 Å². The SMILES string of the molecule is COCC(=O)NC[C@H]1CN(c2ccc(C(C)=O)cc2)C(=O)O1. The molecule has 0 aliphatic carbocycles. The fourth-order valence-corrected chi connectivity index (χ4v) is 2.12. The maximum Gasteiger partial charge on any atom is 0.414 e. The monoisotopic (exact) mass is 306 g/mol.